The van der Waals surface area contributed by atoms with Crippen LogP contribution in [0.5, 0.6) is 5.75 Å². The lowest BCUT2D eigenvalue weighted by atomic mass is 9.98. The van der Waals surface area contributed by atoms with E-state index < -0.39 is 6.02 Å². The van der Waals surface area contributed by atoms with Gasteiger partial charge in [-0.1, -0.05) is 61.5 Å². The van der Waals surface area contributed by atoms with E-state index in [1.165, 1.54) is 16.7 Å². The molecular weight excluding hydrogens is 490 g/mol. The maximum atomic E-state index is 12.3. The van der Waals surface area contributed by atoms with Crippen molar-refractivity contribution in [2.45, 2.75) is 39.5 Å². The minimum Gasteiger partial charge on any atom is -0.846 e. The van der Waals surface area contributed by atoms with Crippen LogP contribution in [0.15, 0.2) is 108 Å². The normalized spacial score (nSPS) is 11.2. The van der Waals surface area contributed by atoms with E-state index in [1.54, 1.807) is 29.1 Å². The molecule has 0 radical (unpaired) electrons. The first-order valence-corrected chi connectivity index (χ1v) is 13.1. The number of pyridine rings is 1. The zero-order valence-corrected chi connectivity index (χ0v) is 22.1. The molecule has 0 aliphatic carbocycles. The first-order chi connectivity index (χ1) is 19.1. The van der Waals surface area contributed by atoms with Gasteiger partial charge in [-0.05, 0) is 53.4 Å². The monoisotopic (exact) mass is 523 g/mol. The van der Waals surface area contributed by atoms with Crippen molar-refractivity contribution >= 4 is 17.7 Å². The molecule has 1 aromatic heterocycles. The van der Waals surface area contributed by atoms with Crippen molar-refractivity contribution in [3.63, 3.8) is 0 Å². The van der Waals surface area contributed by atoms with Crippen LogP contribution < -0.4 is 19.7 Å². The van der Waals surface area contributed by atoms with Crippen LogP contribution in [0.2, 0.25) is 0 Å². The summed E-state index contributed by atoms with van der Waals surface area (Å²) in [6.07, 6.45) is 5.53. The Morgan fingerprint density at radius 2 is 1.72 bits per heavy atom. The summed E-state index contributed by atoms with van der Waals surface area (Å²) in [6.45, 7) is 2.81. The molecule has 1 heterocycles. The second-order valence-corrected chi connectivity index (χ2v) is 9.01. The average molecular weight is 524 g/mol. The molecular formula is C32H33N3O4. The summed E-state index contributed by atoms with van der Waals surface area (Å²) in [7, 11) is 0. The van der Waals surface area contributed by atoms with Crippen LogP contribution in [0.3, 0.4) is 0 Å². The Bertz CT molecular complexity index is 1370. The second kappa shape index (κ2) is 14.3. The number of rotatable bonds is 12. The van der Waals surface area contributed by atoms with Crippen LogP contribution >= 0.6 is 0 Å². The number of hydrogen-bond acceptors (Lipinski definition) is 5. The average Bonchev–Trinajstić information content (AvgIpc) is 2.97. The molecule has 0 unspecified atom stereocenters. The molecule has 0 aliphatic rings. The Hall–Kier alpha value is -4.65. The Balaban J connectivity index is 1.25. The maximum Gasteiger partial charge on any atom is 0.310 e. The fourth-order valence-electron chi connectivity index (χ4n) is 4.05. The van der Waals surface area contributed by atoms with Gasteiger partial charge in [0.2, 0.25) is 0 Å². The van der Waals surface area contributed by atoms with Gasteiger partial charge in [0, 0.05) is 30.2 Å². The quantitative estimate of drug-likeness (QED) is 0.124. The first kappa shape index (κ1) is 27.4. The number of amidine groups is 1. The van der Waals surface area contributed by atoms with Gasteiger partial charge >= 0.3 is 5.97 Å². The smallest absolute Gasteiger partial charge is 0.310 e. The molecule has 0 amide bonds. The first-order valence-electron chi connectivity index (χ1n) is 13.1. The van der Waals surface area contributed by atoms with Gasteiger partial charge in [0.1, 0.15) is 5.75 Å². The van der Waals surface area contributed by atoms with Gasteiger partial charge in [0.25, 0.3) is 6.73 Å². The predicted octanol–water partition coefficient (Wildman–Crippen LogP) is 4.89. The van der Waals surface area contributed by atoms with Crippen molar-refractivity contribution in [1.82, 2.24) is 0 Å². The number of aromatic nitrogens is 1. The molecule has 0 spiro atoms. The third-order valence-electron chi connectivity index (χ3n) is 6.00. The summed E-state index contributed by atoms with van der Waals surface area (Å²) in [5, 5.41) is 15.1. The predicted molar refractivity (Wildman–Crippen MR) is 150 cm³/mol. The maximum absolute atomic E-state index is 12.3. The van der Waals surface area contributed by atoms with E-state index in [1.807, 2.05) is 55.5 Å². The molecule has 0 saturated heterocycles. The van der Waals surface area contributed by atoms with Gasteiger partial charge in [-0.2, -0.15) is 4.57 Å². The summed E-state index contributed by atoms with van der Waals surface area (Å²) in [4.78, 5) is 15.7. The van der Waals surface area contributed by atoms with Crippen molar-refractivity contribution in [3.8, 4) is 16.9 Å². The Labute approximate surface area is 229 Å². The number of anilines is 1. The standard InChI is InChI=1S/C32H33N3O4/c1-2-9-31(36)39-24-35-20-8-10-25(23-35)22-33-32(37)34-28-15-17-29(18-16-28)38-21-19-27-13-6-7-14-30(27)26-11-4-3-5-12-26/h3-8,10-18,20,23H,2,9,19,21-22,24H2,1H3,(H-,33,34,37). The van der Waals surface area contributed by atoms with Crippen LogP contribution in [0, 0.1) is 0 Å². The lowest BCUT2D eigenvalue weighted by Gasteiger charge is -2.14. The van der Waals surface area contributed by atoms with Crippen molar-refractivity contribution in [2.24, 2.45) is 4.99 Å². The second-order valence-electron chi connectivity index (χ2n) is 9.01. The molecule has 1 N–H and O–H groups in total. The highest BCUT2D eigenvalue weighted by Crippen LogP contribution is 2.24. The number of benzene rings is 3. The number of carbonyl (C=O) groups is 1. The molecule has 39 heavy (non-hydrogen) atoms. The minimum absolute atomic E-state index is 0.132. The van der Waals surface area contributed by atoms with Gasteiger partial charge in [-0.15, -0.1) is 0 Å². The third-order valence-corrected chi connectivity index (χ3v) is 6.00. The number of esters is 1. The highest BCUT2D eigenvalue weighted by molar-refractivity contribution is 5.85. The van der Waals surface area contributed by atoms with Gasteiger partial charge in [-0.3, -0.25) is 9.79 Å². The molecule has 0 atom stereocenters. The molecule has 0 aliphatic heterocycles. The van der Waals surface area contributed by atoms with Crippen LogP contribution in [-0.4, -0.2) is 18.6 Å². The van der Waals surface area contributed by atoms with Gasteiger partial charge in [0.15, 0.2) is 12.4 Å². The summed E-state index contributed by atoms with van der Waals surface area (Å²) >= 11 is 0. The molecule has 7 nitrogen and oxygen atoms in total. The van der Waals surface area contributed by atoms with Gasteiger partial charge in [0.05, 0.1) is 19.2 Å². The van der Waals surface area contributed by atoms with E-state index in [0.717, 1.165) is 24.2 Å². The highest BCUT2D eigenvalue weighted by atomic mass is 16.5. The topological polar surface area (TPSA) is 86.9 Å². The number of aliphatic imine (C=N–C) groups is 1. The van der Waals surface area contributed by atoms with Gasteiger partial charge in [-0.25, -0.2) is 0 Å². The lowest BCUT2D eigenvalue weighted by molar-refractivity contribution is -0.728. The Morgan fingerprint density at radius 3 is 2.51 bits per heavy atom. The number of nitrogens with zero attached hydrogens (tertiary/aromatic N) is 2. The number of carbonyl (C=O) groups excluding carboxylic acids is 1. The summed E-state index contributed by atoms with van der Waals surface area (Å²) in [5.74, 6) is 0.500. The van der Waals surface area contributed by atoms with Crippen LogP contribution in [0.4, 0.5) is 5.69 Å². The third kappa shape index (κ3) is 8.71. The van der Waals surface area contributed by atoms with E-state index in [2.05, 4.69) is 40.6 Å². The minimum atomic E-state index is -0.439. The number of nitrogens with one attached hydrogen (secondary N) is 1. The summed E-state index contributed by atoms with van der Waals surface area (Å²) in [5.41, 5.74) is 5.10. The fourth-order valence-corrected chi connectivity index (χ4v) is 4.05. The fraction of sp³-hybridized carbons (Fsp3) is 0.219. The lowest BCUT2D eigenvalue weighted by Crippen LogP contribution is -2.35. The number of ether oxygens (including phenoxy) is 2. The van der Waals surface area contributed by atoms with E-state index in [9.17, 15) is 9.90 Å². The van der Waals surface area contributed by atoms with Crippen LogP contribution in [-0.2, 0) is 29.2 Å². The largest absolute Gasteiger partial charge is 0.846 e. The molecule has 0 bridgehead atoms. The van der Waals surface area contributed by atoms with E-state index in [0.29, 0.717) is 18.7 Å². The summed E-state index contributed by atoms with van der Waals surface area (Å²) < 4.78 is 12.9. The number of hydrogen-bond donors (Lipinski definition) is 1. The molecule has 3 aromatic carbocycles. The zero-order valence-electron chi connectivity index (χ0n) is 22.1. The zero-order chi connectivity index (χ0) is 27.3. The van der Waals surface area contributed by atoms with Gasteiger partial charge < -0.3 is 19.9 Å². The molecule has 7 heteroatoms. The SMILES string of the molecule is CCCC(=O)OC[n+]1cccc(CN=C([O-])Nc2ccc(OCCc3ccccc3-c3ccccc3)cc2)c1. The van der Waals surface area contributed by atoms with Crippen LogP contribution in [0.25, 0.3) is 11.1 Å². The highest BCUT2D eigenvalue weighted by Gasteiger charge is 2.07. The molecule has 4 aromatic rings. The molecule has 4 rings (SSSR count). The van der Waals surface area contributed by atoms with Crippen molar-refractivity contribution in [1.29, 1.82) is 0 Å². The van der Waals surface area contributed by atoms with Crippen molar-refractivity contribution in [3.05, 3.63) is 115 Å². The molecule has 0 saturated carbocycles. The van der Waals surface area contributed by atoms with E-state index in [4.69, 9.17) is 9.47 Å². The Kier molecular flexibility index (Phi) is 10.1. The van der Waals surface area contributed by atoms with Crippen LogP contribution in [0.1, 0.15) is 30.9 Å². The summed E-state index contributed by atoms with van der Waals surface area (Å²) in [6, 6.07) is 29.2. The van der Waals surface area contributed by atoms with Crippen molar-refractivity contribution < 1.29 is 23.9 Å². The van der Waals surface area contributed by atoms with E-state index in [-0.39, 0.29) is 19.2 Å². The molecule has 0 fully saturated rings. The Morgan fingerprint density at radius 1 is 0.949 bits per heavy atom. The molecule has 200 valence electrons. The van der Waals surface area contributed by atoms with Crippen molar-refractivity contribution in [2.75, 3.05) is 11.9 Å². The van der Waals surface area contributed by atoms with E-state index >= 15 is 0 Å².